The fraction of sp³-hybridized carbons (Fsp3) is 0.444. The van der Waals surface area contributed by atoms with Crippen LogP contribution in [0, 0.1) is 0 Å². The van der Waals surface area contributed by atoms with E-state index in [2.05, 4.69) is 9.46 Å². The molecule has 0 spiro atoms. The first-order chi connectivity index (χ1) is 7.95. The van der Waals surface area contributed by atoms with Gasteiger partial charge in [-0.1, -0.05) is 11.6 Å². The number of hydrogen-bond donors (Lipinski definition) is 1. The fourth-order valence-electron chi connectivity index (χ4n) is 1.05. The second-order valence-corrected chi connectivity index (χ2v) is 6.84. The molecule has 0 saturated carbocycles. The van der Waals surface area contributed by atoms with E-state index in [0.717, 1.165) is 11.3 Å². The molecule has 5 nitrogen and oxygen atoms in total. The molecule has 0 saturated heterocycles. The number of carbonyl (C=O) groups is 1. The number of esters is 1. The van der Waals surface area contributed by atoms with Crippen LogP contribution in [0.3, 0.4) is 0 Å². The van der Waals surface area contributed by atoms with E-state index in [1.54, 1.807) is 0 Å². The molecule has 1 N–H and O–H groups in total. The molecule has 0 unspecified atom stereocenters. The van der Waals surface area contributed by atoms with E-state index in [9.17, 15) is 13.2 Å². The normalized spacial score (nSPS) is 11.4. The van der Waals surface area contributed by atoms with Gasteiger partial charge in [-0.15, -0.1) is 11.3 Å². The molecule has 0 atom stereocenters. The molecule has 0 aliphatic rings. The van der Waals surface area contributed by atoms with Gasteiger partial charge in [-0.2, -0.15) is 0 Å². The number of methoxy groups -OCH3 is 1. The summed E-state index contributed by atoms with van der Waals surface area (Å²) in [6.45, 7) is 0.187. The van der Waals surface area contributed by atoms with Crippen LogP contribution in [-0.4, -0.2) is 28.0 Å². The maximum atomic E-state index is 11.7. The van der Waals surface area contributed by atoms with Crippen LogP contribution in [0.4, 0.5) is 0 Å². The minimum Gasteiger partial charge on any atom is -0.469 e. The SMILES string of the molecule is COC(=O)CCCNS(=O)(=O)c1ccc(Cl)s1. The van der Waals surface area contributed by atoms with E-state index in [4.69, 9.17) is 11.6 Å². The van der Waals surface area contributed by atoms with E-state index in [-0.39, 0.29) is 23.1 Å². The highest BCUT2D eigenvalue weighted by molar-refractivity contribution is 7.91. The largest absolute Gasteiger partial charge is 0.469 e. The molecule has 0 amide bonds. The molecule has 17 heavy (non-hydrogen) atoms. The van der Waals surface area contributed by atoms with Crippen molar-refractivity contribution in [3.05, 3.63) is 16.5 Å². The molecular weight excluding hydrogens is 286 g/mol. The molecule has 96 valence electrons. The Morgan fingerprint density at radius 1 is 1.53 bits per heavy atom. The summed E-state index contributed by atoms with van der Waals surface area (Å²) in [4.78, 5) is 10.8. The Bertz CT molecular complexity index is 483. The lowest BCUT2D eigenvalue weighted by atomic mass is 10.3. The van der Waals surface area contributed by atoms with E-state index in [1.807, 2.05) is 0 Å². The second kappa shape index (κ2) is 6.34. The maximum Gasteiger partial charge on any atom is 0.305 e. The van der Waals surface area contributed by atoms with Crippen molar-refractivity contribution in [2.24, 2.45) is 0 Å². The number of ether oxygens (including phenoxy) is 1. The predicted molar refractivity (Wildman–Crippen MR) is 65.8 cm³/mol. The highest BCUT2D eigenvalue weighted by Crippen LogP contribution is 2.25. The van der Waals surface area contributed by atoms with Crippen molar-refractivity contribution in [1.29, 1.82) is 0 Å². The van der Waals surface area contributed by atoms with Gasteiger partial charge in [0.25, 0.3) is 0 Å². The van der Waals surface area contributed by atoms with Gasteiger partial charge in [0.2, 0.25) is 10.0 Å². The van der Waals surface area contributed by atoms with Gasteiger partial charge >= 0.3 is 5.97 Å². The minimum absolute atomic E-state index is 0.167. The number of rotatable bonds is 6. The van der Waals surface area contributed by atoms with Crippen molar-refractivity contribution in [2.45, 2.75) is 17.1 Å². The molecule has 0 radical (unpaired) electrons. The van der Waals surface area contributed by atoms with Crippen LogP contribution in [0.5, 0.6) is 0 Å². The van der Waals surface area contributed by atoms with Crippen LogP contribution in [0.25, 0.3) is 0 Å². The summed E-state index contributed by atoms with van der Waals surface area (Å²) in [5.41, 5.74) is 0. The van der Waals surface area contributed by atoms with Gasteiger partial charge in [0.05, 0.1) is 11.4 Å². The van der Waals surface area contributed by atoms with Crippen molar-refractivity contribution in [3.8, 4) is 0 Å². The van der Waals surface area contributed by atoms with Crippen molar-refractivity contribution in [1.82, 2.24) is 4.72 Å². The van der Waals surface area contributed by atoms with E-state index >= 15 is 0 Å². The first-order valence-electron chi connectivity index (χ1n) is 4.77. The van der Waals surface area contributed by atoms with E-state index in [1.165, 1.54) is 19.2 Å². The number of halogens is 1. The van der Waals surface area contributed by atoms with Crippen molar-refractivity contribution < 1.29 is 17.9 Å². The molecule has 1 aromatic rings. The van der Waals surface area contributed by atoms with Crippen LogP contribution < -0.4 is 4.72 Å². The predicted octanol–water partition coefficient (Wildman–Crippen LogP) is 1.63. The Balaban J connectivity index is 2.43. The highest BCUT2D eigenvalue weighted by Gasteiger charge is 2.15. The Morgan fingerprint density at radius 3 is 2.76 bits per heavy atom. The summed E-state index contributed by atoms with van der Waals surface area (Å²) in [5, 5.41) is 0. The summed E-state index contributed by atoms with van der Waals surface area (Å²) in [7, 11) is -2.22. The van der Waals surface area contributed by atoms with Crippen LogP contribution in [0.2, 0.25) is 4.34 Å². The average molecular weight is 298 g/mol. The van der Waals surface area contributed by atoms with Gasteiger partial charge in [-0.05, 0) is 18.6 Å². The molecule has 0 aliphatic carbocycles. The third-order valence-electron chi connectivity index (χ3n) is 1.89. The maximum absolute atomic E-state index is 11.7. The molecule has 8 heteroatoms. The number of hydrogen-bond acceptors (Lipinski definition) is 5. The summed E-state index contributed by atoms with van der Waals surface area (Å²) >= 11 is 6.64. The zero-order valence-corrected chi connectivity index (χ0v) is 11.5. The fourth-order valence-corrected chi connectivity index (χ4v) is 3.66. The Morgan fingerprint density at radius 2 is 2.24 bits per heavy atom. The molecule has 0 fully saturated rings. The Hall–Kier alpha value is -0.630. The number of carbonyl (C=O) groups excluding carboxylic acids is 1. The lowest BCUT2D eigenvalue weighted by Gasteiger charge is -2.03. The number of thiophene rings is 1. The van der Waals surface area contributed by atoms with E-state index in [0.29, 0.717) is 10.8 Å². The highest BCUT2D eigenvalue weighted by atomic mass is 35.5. The Labute approximate surface area is 109 Å². The van der Waals surface area contributed by atoms with Gasteiger partial charge in [0, 0.05) is 13.0 Å². The van der Waals surface area contributed by atoms with Crippen LogP contribution in [0.15, 0.2) is 16.3 Å². The first kappa shape index (κ1) is 14.4. The Kier molecular flexibility index (Phi) is 5.38. The summed E-state index contributed by atoms with van der Waals surface area (Å²) < 4.78 is 30.8. The monoisotopic (exact) mass is 297 g/mol. The molecule has 1 heterocycles. The summed E-state index contributed by atoms with van der Waals surface area (Å²) in [6, 6.07) is 2.96. The average Bonchev–Trinajstić information content (AvgIpc) is 2.71. The first-order valence-corrected chi connectivity index (χ1v) is 7.45. The third kappa shape index (κ3) is 4.63. The molecule has 0 aliphatic heterocycles. The molecule has 0 aromatic carbocycles. The summed E-state index contributed by atoms with van der Waals surface area (Å²) in [5.74, 6) is -0.358. The third-order valence-corrected chi connectivity index (χ3v) is 5.07. The van der Waals surface area contributed by atoms with Gasteiger partial charge in [-0.3, -0.25) is 4.79 Å². The van der Waals surface area contributed by atoms with Gasteiger partial charge in [-0.25, -0.2) is 13.1 Å². The van der Waals surface area contributed by atoms with Crippen molar-refractivity contribution >= 4 is 38.9 Å². The lowest BCUT2D eigenvalue weighted by Crippen LogP contribution is -2.24. The summed E-state index contributed by atoms with van der Waals surface area (Å²) in [6.07, 6.45) is 0.579. The molecule has 1 aromatic heterocycles. The lowest BCUT2D eigenvalue weighted by molar-refractivity contribution is -0.140. The minimum atomic E-state index is -3.51. The van der Waals surface area contributed by atoms with Crippen LogP contribution in [0.1, 0.15) is 12.8 Å². The zero-order chi connectivity index (χ0) is 12.9. The smallest absolute Gasteiger partial charge is 0.305 e. The van der Waals surface area contributed by atoms with Crippen molar-refractivity contribution in [3.63, 3.8) is 0 Å². The number of nitrogens with one attached hydrogen (secondary N) is 1. The van der Waals surface area contributed by atoms with Crippen LogP contribution >= 0.6 is 22.9 Å². The van der Waals surface area contributed by atoms with Crippen LogP contribution in [-0.2, 0) is 19.6 Å². The quantitative estimate of drug-likeness (QED) is 0.640. The molecular formula is C9H12ClNO4S2. The zero-order valence-electron chi connectivity index (χ0n) is 9.10. The van der Waals surface area contributed by atoms with Gasteiger partial charge < -0.3 is 4.74 Å². The number of sulfonamides is 1. The second-order valence-electron chi connectivity index (χ2n) is 3.14. The van der Waals surface area contributed by atoms with Gasteiger partial charge in [0.1, 0.15) is 4.21 Å². The van der Waals surface area contributed by atoms with Crippen molar-refractivity contribution in [2.75, 3.05) is 13.7 Å². The topological polar surface area (TPSA) is 72.5 Å². The van der Waals surface area contributed by atoms with Gasteiger partial charge in [0.15, 0.2) is 0 Å². The standard InChI is InChI=1S/C9H12ClNO4S2/c1-15-8(12)3-2-6-11-17(13,14)9-5-4-7(10)16-9/h4-5,11H,2-3,6H2,1H3. The molecule has 0 bridgehead atoms. The molecule has 1 rings (SSSR count). The van der Waals surface area contributed by atoms with E-state index < -0.39 is 10.0 Å².